The van der Waals surface area contributed by atoms with Crippen LogP contribution in [-0.2, 0) is 0 Å². The quantitative estimate of drug-likeness (QED) is 0.705. The van der Waals surface area contributed by atoms with E-state index in [9.17, 15) is 0 Å². The average Bonchev–Trinajstić information content (AvgIpc) is 3.31. The molecular formula is C17H27N. The third-order valence-electron chi connectivity index (χ3n) is 6.10. The molecule has 0 aromatic heterocycles. The van der Waals surface area contributed by atoms with E-state index in [1.165, 1.54) is 45.1 Å². The van der Waals surface area contributed by atoms with Crippen molar-refractivity contribution in [3.8, 4) is 0 Å². The van der Waals surface area contributed by atoms with Crippen LogP contribution < -0.4 is 5.32 Å². The maximum atomic E-state index is 3.92. The summed E-state index contributed by atoms with van der Waals surface area (Å²) in [5, 5.41) is 3.92. The van der Waals surface area contributed by atoms with Gasteiger partial charge in [0.15, 0.2) is 0 Å². The fraction of sp³-hybridized carbons (Fsp3) is 0.882. The lowest BCUT2D eigenvalue weighted by Gasteiger charge is -2.28. The highest BCUT2D eigenvalue weighted by atomic mass is 14.9. The first-order chi connectivity index (χ1) is 8.81. The van der Waals surface area contributed by atoms with Gasteiger partial charge in [0.05, 0.1) is 0 Å². The summed E-state index contributed by atoms with van der Waals surface area (Å²) in [4.78, 5) is 0. The van der Waals surface area contributed by atoms with E-state index in [0.717, 1.165) is 41.5 Å². The smallest absolute Gasteiger partial charge is 0.00729 e. The largest absolute Gasteiger partial charge is 0.314 e. The third-order valence-corrected chi connectivity index (χ3v) is 6.10. The van der Waals surface area contributed by atoms with Gasteiger partial charge in [0.1, 0.15) is 0 Å². The fourth-order valence-electron chi connectivity index (χ4n) is 4.64. The second kappa shape index (κ2) is 4.37. The van der Waals surface area contributed by atoms with Gasteiger partial charge in [0.2, 0.25) is 0 Å². The minimum atomic E-state index is 0.741. The Morgan fingerprint density at radius 2 is 1.78 bits per heavy atom. The van der Waals surface area contributed by atoms with Crippen molar-refractivity contribution < 1.29 is 0 Å². The molecule has 0 aliphatic heterocycles. The molecular weight excluding hydrogens is 218 g/mol. The van der Waals surface area contributed by atoms with Crippen LogP contribution in [0.3, 0.4) is 0 Å². The Balaban J connectivity index is 1.30. The molecule has 0 radical (unpaired) electrons. The SMILES string of the molecule is CC(NCC(C1CC1)C1CC1)C1CC2C=CC1C2. The minimum Gasteiger partial charge on any atom is -0.314 e. The zero-order valence-electron chi connectivity index (χ0n) is 11.6. The van der Waals surface area contributed by atoms with Crippen molar-refractivity contribution in [3.63, 3.8) is 0 Å². The summed E-state index contributed by atoms with van der Waals surface area (Å²) in [6.07, 6.45) is 13.9. The molecule has 4 rings (SSSR count). The van der Waals surface area contributed by atoms with Crippen molar-refractivity contribution in [2.75, 3.05) is 6.54 Å². The average molecular weight is 245 g/mol. The minimum absolute atomic E-state index is 0.741. The number of rotatable bonds is 6. The lowest BCUT2D eigenvalue weighted by atomic mass is 9.87. The predicted molar refractivity (Wildman–Crippen MR) is 75.2 cm³/mol. The molecule has 4 aliphatic rings. The molecule has 0 amide bonds. The van der Waals surface area contributed by atoms with E-state index in [0.29, 0.717) is 0 Å². The Morgan fingerprint density at radius 3 is 2.28 bits per heavy atom. The van der Waals surface area contributed by atoms with Crippen LogP contribution >= 0.6 is 0 Å². The summed E-state index contributed by atoms with van der Waals surface area (Å²) >= 11 is 0. The molecule has 1 heteroatoms. The maximum absolute atomic E-state index is 3.92. The highest BCUT2D eigenvalue weighted by molar-refractivity contribution is 5.11. The molecule has 4 aliphatic carbocycles. The van der Waals surface area contributed by atoms with Gasteiger partial charge in [-0.05, 0) is 87.5 Å². The monoisotopic (exact) mass is 245 g/mol. The van der Waals surface area contributed by atoms with Gasteiger partial charge in [0.25, 0.3) is 0 Å². The van der Waals surface area contributed by atoms with Crippen molar-refractivity contribution in [3.05, 3.63) is 12.2 Å². The lowest BCUT2D eigenvalue weighted by molar-refractivity contribution is 0.289. The second-order valence-corrected chi connectivity index (χ2v) is 7.48. The van der Waals surface area contributed by atoms with Crippen LogP contribution in [0.25, 0.3) is 0 Å². The highest BCUT2D eigenvalue weighted by Gasteiger charge is 2.42. The predicted octanol–water partition coefficient (Wildman–Crippen LogP) is 3.61. The molecule has 0 spiro atoms. The summed E-state index contributed by atoms with van der Waals surface area (Å²) < 4.78 is 0. The molecule has 0 aromatic carbocycles. The standard InChI is InChI=1S/C17H27N/c1-11(16-9-12-2-3-15(16)8-12)18-10-17(13-4-5-13)14-6-7-14/h2-3,11-18H,4-10H2,1H3. The highest BCUT2D eigenvalue weighted by Crippen LogP contribution is 2.49. The zero-order chi connectivity index (χ0) is 12.1. The number of allylic oxidation sites excluding steroid dienone is 2. The molecule has 1 N–H and O–H groups in total. The summed E-state index contributed by atoms with van der Waals surface area (Å²) in [6, 6.07) is 0.741. The van der Waals surface area contributed by atoms with E-state index in [2.05, 4.69) is 24.4 Å². The van der Waals surface area contributed by atoms with Crippen LogP contribution in [0.2, 0.25) is 0 Å². The number of hydrogen-bond acceptors (Lipinski definition) is 1. The normalized spacial score (nSPS) is 39.8. The fourth-order valence-corrected chi connectivity index (χ4v) is 4.64. The Morgan fingerprint density at radius 1 is 1.06 bits per heavy atom. The molecule has 4 unspecified atom stereocenters. The van der Waals surface area contributed by atoms with Crippen LogP contribution in [-0.4, -0.2) is 12.6 Å². The van der Waals surface area contributed by atoms with Crippen LogP contribution in [0.15, 0.2) is 12.2 Å². The van der Waals surface area contributed by atoms with Crippen LogP contribution in [0.5, 0.6) is 0 Å². The number of hydrogen-bond donors (Lipinski definition) is 1. The Bertz CT molecular complexity index is 328. The zero-order valence-corrected chi connectivity index (χ0v) is 11.6. The van der Waals surface area contributed by atoms with Gasteiger partial charge >= 0.3 is 0 Å². The maximum Gasteiger partial charge on any atom is 0.00729 e. The summed E-state index contributed by atoms with van der Waals surface area (Å²) in [5.74, 6) is 5.97. The lowest BCUT2D eigenvalue weighted by Crippen LogP contribution is -2.39. The number of nitrogens with one attached hydrogen (secondary N) is 1. The Hall–Kier alpha value is -0.300. The Kier molecular flexibility index (Phi) is 2.80. The first-order valence-corrected chi connectivity index (χ1v) is 8.23. The first kappa shape index (κ1) is 11.5. The van der Waals surface area contributed by atoms with E-state index < -0.39 is 0 Å². The third kappa shape index (κ3) is 2.15. The molecule has 1 nitrogen and oxygen atoms in total. The molecule has 3 fully saturated rings. The van der Waals surface area contributed by atoms with E-state index in [1.807, 2.05) is 0 Å². The van der Waals surface area contributed by atoms with Gasteiger partial charge in [-0.15, -0.1) is 0 Å². The molecule has 18 heavy (non-hydrogen) atoms. The van der Waals surface area contributed by atoms with Gasteiger partial charge < -0.3 is 5.32 Å². The topological polar surface area (TPSA) is 12.0 Å². The van der Waals surface area contributed by atoms with E-state index in [1.54, 1.807) is 0 Å². The molecule has 0 heterocycles. The first-order valence-electron chi connectivity index (χ1n) is 8.23. The van der Waals surface area contributed by atoms with Gasteiger partial charge in [-0.25, -0.2) is 0 Å². The molecule has 100 valence electrons. The molecule has 0 aromatic rings. The molecule has 0 saturated heterocycles. The van der Waals surface area contributed by atoms with Crippen molar-refractivity contribution in [2.24, 2.45) is 35.5 Å². The van der Waals surface area contributed by atoms with Crippen LogP contribution in [0, 0.1) is 35.5 Å². The van der Waals surface area contributed by atoms with Gasteiger partial charge in [-0.3, -0.25) is 0 Å². The van der Waals surface area contributed by atoms with Crippen molar-refractivity contribution in [1.29, 1.82) is 0 Å². The van der Waals surface area contributed by atoms with Gasteiger partial charge in [0, 0.05) is 6.04 Å². The molecule has 3 saturated carbocycles. The van der Waals surface area contributed by atoms with Crippen LogP contribution in [0.1, 0.15) is 45.4 Å². The van der Waals surface area contributed by atoms with E-state index in [4.69, 9.17) is 0 Å². The summed E-state index contributed by atoms with van der Waals surface area (Å²) in [6.45, 7) is 3.75. The van der Waals surface area contributed by atoms with Gasteiger partial charge in [-0.1, -0.05) is 12.2 Å². The van der Waals surface area contributed by atoms with E-state index >= 15 is 0 Å². The van der Waals surface area contributed by atoms with E-state index in [-0.39, 0.29) is 0 Å². The molecule has 4 atom stereocenters. The molecule has 2 bridgehead atoms. The van der Waals surface area contributed by atoms with Gasteiger partial charge in [-0.2, -0.15) is 0 Å². The summed E-state index contributed by atoms with van der Waals surface area (Å²) in [5.41, 5.74) is 0. The van der Waals surface area contributed by atoms with Crippen LogP contribution in [0.4, 0.5) is 0 Å². The van der Waals surface area contributed by atoms with Crippen molar-refractivity contribution in [1.82, 2.24) is 5.32 Å². The Labute approximate surface area is 111 Å². The number of fused-ring (bicyclic) bond motifs is 2. The second-order valence-electron chi connectivity index (χ2n) is 7.48. The van der Waals surface area contributed by atoms with Crippen molar-refractivity contribution in [2.45, 2.75) is 51.5 Å². The van der Waals surface area contributed by atoms with Crippen molar-refractivity contribution >= 4 is 0 Å². The summed E-state index contributed by atoms with van der Waals surface area (Å²) in [7, 11) is 0.